The van der Waals surface area contributed by atoms with Gasteiger partial charge in [-0.15, -0.1) is 0 Å². The summed E-state index contributed by atoms with van der Waals surface area (Å²) in [4.78, 5) is 29.8. The van der Waals surface area contributed by atoms with Crippen molar-refractivity contribution in [1.82, 2.24) is 14.9 Å². The van der Waals surface area contributed by atoms with Crippen molar-refractivity contribution in [3.05, 3.63) is 72.3 Å². The summed E-state index contributed by atoms with van der Waals surface area (Å²) < 4.78 is 14.1. The molecule has 1 aromatic heterocycles. The highest BCUT2D eigenvalue weighted by molar-refractivity contribution is 7.99. The normalized spacial score (nSPS) is 17.0. The third-order valence-electron chi connectivity index (χ3n) is 6.81. The topological polar surface area (TPSA) is 52.6 Å². The molecule has 0 aliphatic carbocycles. The number of piperazine rings is 1. The lowest BCUT2D eigenvalue weighted by Gasteiger charge is -2.39. The van der Waals surface area contributed by atoms with Crippen molar-refractivity contribution in [2.45, 2.75) is 29.7 Å². The van der Waals surface area contributed by atoms with Gasteiger partial charge in [0.25, 0.3) is 0 Å². The second-order valence-corrected chi connectivity index (χ2v) is 10.2. The van der Waals surface area contributed by atoms with Gasteiger partial charge in [-0.25, -0.2) is 14.4 Å². The van der Waals surface area contributed by atoms with Gasteiger partial charge in [-0.05, 0) is 44.0 Å². The van der Waals surface area contributed by atoms with Crippen molar-refractivity contribution in [3.63, 3.8) is 0 Å². The Morgan fingerprint density at radius 1 is 0.886 bits per heavy atom. The van der Waals surface area contributed by atoms with Crippen LogP contribution in [0.25, 0.3) is 0 Å². The van der Waals surface area contributed by atoms with Crippen molar-refractivity contribution >= 4 is 29.2 Å². The predicted octanol–water partition coefficient (Wildman–Crippen LogP) is 4.64. The molecule has 8 heteroatoms. The van der Waals surface area contributed by atoms with Gasteiger partial charge in [-0.3, -0.25) is 4.79 Å². The van der Waals surface area contributed by atoms with Gasteiger partial charge >= 0.3 is 0 Å². The highest BCUT2D eigenvalue weighted by atomic mass is 32.2. The Morgan fingerprint density at radius 2 is 1.57 bits per heavy atom. The van der Waals surface area contributed by atoms with Gasteiger partial charge in [0.2, 0.25) is 5.91 Å². The third-order valence-corrected chi connectivity index (χ3v) is 7.80. The van der Waals surface area contributed by atoms with Gasteiger partial charge in [-0.2, -0.15) is 0 Å². The number of piperidine rings is 1. The summed E-state index contributed by atoms with van der Waals surface area (Å²) in [5.41, 5.74) is 1.85. The van der Waals surface area contributed by atoms with E-state index in [1.165, 1.54) is 11.6 Å². The second kappa shape index (κ2) is 10.6. The number of carbonyl (C=O) groups excluding carboxylic acids is 1. The number of aromatic nitrogens is 2. The predicted molar refractivity (Wildman–Crippen MR) is 137 cm³/mol. The number of hydrogen-bond donors (Lipinski definition) is 0. The minimum Gasteiger partial charge on any atom is -0.366 e. The maximum absolute atomic E-state index is 14.1. The highest BCUT2D eigenvalue weighted by Gasteiger charge is 2.32. The summed E-state index contributed by atoms with van der Waals surface area (Å²) >= 11 is 1.62. The first-order valence-electron chi connectivity index (χ1n) is 12.2. The molecule has 2 saturated heterocycles. The fourth-order valence-electron chi connectivity index (χ4n) is 4.80. The Balaban J connectivity index is 1.16. The minimum atomic E-state index is -0.205. The molecule has 0 radical (unpaired) electrons. The zero-order chi connectivity index (χ0) is 24.2. The van der Waals surface area contributed by atoms with Gasteiger partial charge in [0.05, 0.1) is 5.69 Å². The first-order chi connectivity index (χ1) is 17.1. The van der Waals surface area contributed by atoms with Crippen LogP contribution in [0.5, 0.6) is 0 Å². The summed E-state index contributed by atoms with van der Waals surface area (Å²) in [6.45, 7) is 6.23. The van der Waals surface area contributed by atoms with Crippen LogP contribution in [0.3, 0.4) is 0 Å². The van der Waals surface area contributed by atoms with Crippen LogP contribution in [0.2, 0.25) is 0 Å². The van der Waals surface area contributed by atoms with E-state index in [9.17, 15) is 9.18 Å². The first-order valence-corrected chi connectivity index (χ1v) is 13.0. The highest BCUT2D eigenvalue weighted by Crippen LogP contribution is 2.34. The zero-order valence-electron chi connectivity index (χ0n) is 19.9. The Hall–Kier alpha value is -3.13. The molecule has 0 spiro atoms. The summed E-state index contributed by atoms with van der Waals surface area (Å²) in [6.07, 6.45) is 5.08. The summed E-state index contributed by atoms with van der Waals surface area (Å²) in [5, 5.41) is 0.894. The molecule has 3 aromatic rings. The number of nitrogens with zero attached hydrogens (tertiary/aromatic N) is 5. The summed E-state index contributed by atoms with van der Waals surface area (Å²) in [7, 11) is 0. The molecule has 0 atom stereocenters. The van der Waals surface area contributed by atoms with E-state index in [2.05, 4.69) is 46.1 Å². The van der Waals surface area contributed by atoms with E-state index in [0.717, 1.165) is 41.7 Å². The number of para-hydroxylation sites is 1. The molecule has 2 aromatic carbocycles. The molecule has 2 aliphatic rings. The lowest BCUT2D eigenvalue weighted by molar-refractivity contribution is -0.136. The molecule has 0 unspecified atom stereocenters. The lowest BCUT2D eigenvalue weighted by atomic mass is 9.95. The number of benzene rings is 2. The molecule has 1 amide bonds. The minimum absolute atomic E-state index is 0.0242. The van der Waals surface area contributed by atoms with Crippen molar-refractivity contribution in [1.29, 1.82) is 0 Å². The number of rotatable bonds is 5. The van der Waals surface area contributed by atoms with Crippen LogP contribution in [0.1, 0.15) is 18.4 Å². The summed E-state index contributed by atoms with van der Waals surface area (Å²) in [5.74, 6) is 0.938. The van der Waals surface area contributed by atoms with Crippen molar-refractivity contribution in [3.8, 4) is 0 Å². The van der Waals surface area contributed by atoms with E-state index in [-0.39, 0.29) is 17.6 Å². The van der Waals surface area contributed by atoms with Crippen LogP contribution in [0.15, 0.2) is 70.8 Å². The SMILES string of the molecule is Cc1ccc(Sc2nccnc2N2CCC(C(=O)N3CCN(c4ccccc4F)CC3)CC2)cc1. The smallest absolute Gasteiger partial charge is 0.225 e. The van der Waals surface area contributed by atoms with Crippen molar-refractivity contribution < 1.29 is 9.18 Å². The maximum Gasteiger partial charge on any atom is 0.225 e. The molecule has 0 saturated carbocycles. The van der Waals surface area contributed by atoms with E-state index in [4.69, 9.17) is 0 Å². The average Bonchev–Trinajstić information content (AvgIpc) is 2.90. The summed E-state index contributed by atoms with van der Waals surface area (Å²) in [6, 6.07) is 15.3. The van der Waals surface area contributed by atoms with Gasteiger partial charge in [0, 0.05) is 62.5 Å². The van der Waals surface area contributed by atoms with E-state index in [1.54, 1.807) is 36.3 Å². The molecule has 2 aliphatic heterocycles. The number of carbonyl (C=O) groups is 1. The van der Waals surface area contributed by atoms with Crippen LogP contribution >= 0.6 is 11.8 Å². The van der Waals surface area contributed by atoms with E-state index >= 15 is 0 Å². The van der Waals surface area contributed by atoms with E-state index in [0.29, 0.717) is 31.9 Å². The molecule has 35 heavy (non-hydrogen) atoms. The molecule has 6 nitrogen and oxygen atoms in total. The third kappa shape index (κ3) is 5.42. The van der Waals surface area contributed by atoms with Gasteiger partial charge in [0.15, 0.2) is 5.82 Å². The van der Waals surface area contributed by atoms with Crippen molar-refractivity contribution in [2.24, 2.45) is 5.92 Å². The molecule has 182 valence electrons. The molecular weight excluding hydrogens is 461 g/mol. The largest absolute Gasteiger partial charge is 0.366 e. The first kappa shape index (κ1) is 23.6. The Bertz CT molecular complexity index is 1160. The standard InChI is InChI=1S/C27H30FN5OS/c1-20-6-8-22(9-7-20)35-26-25(29-12-13-30-26)32-14-10-21(11-15-32)27(34)33-18-16-31(17-19-33)24-5-3-2-4-23(24)28/h2-9,12-13,21H,10-11,14-19H2,1H3. The lowest BCUT2D eigenvalue weighted by Crippen LogP contribution is -2.52. The quantitative estimate of drug-likeness (QED) is 0.518. The second-order valence-electron chi connectivity index (χ2n) is 9.13. The van der Waals surface area contributed by atoms with E-state index < -0.39 is 0 Å². The fraction of sp³-hybridized carbons (Fsp3) is 0.370. The Morgan fingerprint density at radius 3 is 2.29 bits per heavy atom. The number of anilines is 2. The zero-order valence-corrected chi connectivity index (χ0v) is 20.8. The van der Waals surface area contributed by atoms with E-state index in [1.807, 2.05) is 15.9 Å². The van der Waals surface area contributed by atoms with Crippen LogP contribution in [0, 0.1) is 18.7 Å². The van der Waals surface area contributed by atoms with Gasteiger partial charge in [0.1, 0.15) is 10.8 Å². The van der Waals surface area contributed by atoms with Crippen LogP contribution in [-0.2, 0) is 4.79 Å². The molecule has 3 heterocycles. The molecule has 5 rings (SSSR count). The number of amides is 1. The number of halogens is 1. The van der Waals surface area contributed by atoms with Crippen LogP contribution in [-0.4, -0.2) is 60.0 Å². The van der Waals surface area contributed by atoms with Gasteiger partial charge in [-0.1, -0.05) is 41.6 Å². The monoisotopic (exact) mass is 491 g/mol. The molecule has 2 fully saturated rings. The fourth-order valence-corrected chi connectivity index (χ4v) is 5.68. The molecule has 0 N–H and O–H groups in total. The molecular formula is C27H30FN5OS. The van der Waals surface area contributed by atoms with Crippen molar-refractivity contribution in [2.75, 3.05) is 49.1 Å². The maximum atomic E-state index is 14.1. The Kier molecular flexibility index (Phi) is 7.18. The number of hydrogen-bond acceptors (Lipinski definition) is 6. The number of aryl methyl sites for hydroxylation is 1. The van der Waals surface area contributed by atoms with Crippen LogP contribution < -0.4 is 9.80 Å². The average molecular weight is 492 g/mol. The molecule has 0 bridgehead atoms. The Labute approximate surface area is 210 Å². The van der Waals surface area contributed by atoms with Crippen LogP contribution in [0.4, 0.5) is 15.9 Å². The van der Waals surface area contributed by atoms with Gasteiger partial charge < -0.3 is 14.7 Å².